The van der Waals surface area contributed by atoms with Crippen molar-refractivity contribution < 1.29 is 22.7 Å². The topological polar surface area (TPSA) is 96.0 Å². The third-order valence-electron chi connectivity index (χ3n) is 7.12. The summed E-state index contributed by atoms with van der Waals surface area (Å²) in [5.41, 5.74) is 0.891. The second-order valence-electron chi connectivity index (χ2n) is 11.1. The fraction of sp³-hybridized carbons (Fsp3) is 0.257. The maximum absolute atomic E-state index is 14.3. The first-order chi connectivity index (χ1) is 22.0. The number of hydrogen-bond donors (Lipinski definition) is 1. The number of benzene rings is 4. The third kappa shape index (κ3) is 9.02. The molecule has 1 unspecified atom stereocenters. The first-order valence-corrected chi connectivity index (χ1v) is 17.1. The van der Waals surface area contributed by atoms with Crippen LogP contribution in [0.15, 0.2) is 108 Å². The van der Waals surface area contributed by atoms with Crippen molar-refractivity contribution in [2.24, 2.45) is 5.92 Å². The lowest BCUT2D eigenvalue weighted by molar-refractivity contribution is -0.140. The van der Waals surface area contributed by atoms with Gasteiger partial charge in [-0.3, -0.25) is 13.9 Å². The van der Waals surface area contributed by atoms with Crippen molar-refractivity contribution >= 4 is 50.7 Å². The van der Waals surface area contributed by atoms with E-state index >= 15 is 0 Å². The summed E-state index contributed by atoms with van der Waals surface area (Å²) in [6.45, 7) is 5.62. The molecule has 0 heterocycles. The molecule has 4 rings (SSSR count). The van der Waals surface area contributed by atoms with Gasteiger partial charge in [-0.1, -0.05) is 86.4 Å². The molecule has 0 saturated heterocycles. The quantitative estimate of drug-likeness (QED) is 0.148. The van der Waals surface area contributed by atoms with Crippen molar-refractivity contribution in [3.8, 4) is 11.5 Å². The number of amides is 2. The molecule has 0 aliphatic carbocycles. The van der Waals surface area contributed by atoms with Crippen LogP contribution < -0.4 is 14.4 Å². The molecule has 0 fully saturated rings. The van der Waals surface area contributed by atoms with Crippen molar-refractivity contribution in [3.05, 3.63) is 119 Å². The highest BCUT2D eigenvalue weighted by atomic mass is 35.5. The summed E-state index contributed by atoms with van der Waals surface area (Å²) in [7, 11) is -4.21. The Morgan fingerprint density at radius 2 is 1.43 bits per heavy atom. The van der Waals surface area contributed by atoms with Gasteiger partial charge in [0, 0.05) is 13.1 Å². The van der Waals surface area contributed by atoms with Gasteiger partial charge < -0.3 is 15.0 Å². The summed E-state index contributed by atoms with van der Waals surface area (Å²) in [6.07, 6.45) is 0.300. The molecule has 242 valence electrons. The highest BCUT2D eigenvalue weighted by molar-refractivity contribution is 7.92. The minimum atomic E-state index is -4.21. The van der Waals surface area contributed by atoms with Crippen molar-refractivity contribution in [3.63, 3.8) is 0 Å². The van der Waals surface area contributed by atoms with Crippen LogP contribution >= 0.6 is 23.2 Å². The summed E-state index contributed by atoms with van der Waals surface area (Å²) in [6, 6.07) is 27.6. The van der Waals surface area contributed by atoms with Crippen LogP contribution in [0, 0.1) is 5.92 Å². The standard InChI is InChI=1S/C35H37Cl2N3O5S/c1-4-33(35(42)38-22-25(2)3)39(23-26-15-20-31(36)32(37)21-26)34(41)24-40(46(43,44)30-13-9-6-10-14-30)27-16-18-29(19-17-27)45-28-11-7-5-8-12-28/h5-21,25,33H,4,22-24H2,1-3H3,(H,38,42). The number of nitrogens with zero attached hydrogens (tertiary/aromatic N) is 2. The van der Waals surface area contributed by atoms with Crippen LogP contribution in [0.4, 0.5) is 5.69 Å². The number of anilines is 1. The molecule has 0 bridgehead atoms. The average Bonchev–Trinajstić information content (AvgIpc) is 3.05. The number of sulfonamides is 1. The Balaban J connectivity index is 1.72. The van der Waals surface area contributed by atoms with Crippen LogP contribution in [0.25, 0.3) is 0 Å². The van der Waals surface area contributed by atoms with E-state index < -0.39 is 28.5 Å². The van der Waals surface area contributed by atoms with Gasteiger partial charge in [0.1, 0.15) is 24.1 Å². The predicted octanol–water partition coefficient (Wildman–Crippen LogP) is 7.56. The highest BCUT2D eigenvalue weighted by Gasteiger charge is 2.33. The normalized spacial score (nSPS) is 12.0. The molecule has 1 atom stereocenters. The number of ether oxygens (including phenoxy) is 1. The van der Waals surface area contributed by atoms with Crippen molar-refractivity contribution in [1.82, 2.24) is 10.2 Å². The maximum Gasteiger partial charge on any atom is 0.264 e. The Bertz CT molecular complexity index is 1720. The van der Waals surface area contributed by atoms with Crippen LogP contribution in [0.1, 0.15) is 32.8 Å². The lowest BCUT2D eigenvalue weighted by atomic mass is 10.1. The predicted molar refractivity (Wildman–Crippen MR) is 183 cm³/mol. The van der Waals surface area contributed by atoms with Gasteiger partial charge in [0.05, 0.1) is 20.6 Å². The van der Waals surface area contributed by atoms with Gasteiger partial charge in [-0.2, -0.15) is 0 Å². The van der Waals surface area contributed by atoms with Gasteiger partial charge in [0.15, 0.2) is 0 Å². The van der Waals surface area contributed by atoms with Crippen molar-refractivity contribution in [2.75, 3.05) is 17.4 Å². The lowest BCUT2D eigenvalue weighted by Crippen LogP contribution is -2.52. The number of para-hydroxylation sites is 1. The smallest absolute Gasteiger partial charge is 0.264 e. The van der Waals surface area contributed by atoms with Crippen LogP contribution in [0.2, 0.25) is 10.0 Å². The molecule has 46 heavy (non-hydrogen) atoms. The zero-order valence-electron chi connectivity index (χ0n) is 25.9. The van der Waals surface area contributed by atoms with Crippen molar-refractivity contribution in [2.45, 2.75) is 44.7 Å². The lowest BCUT2D eigenvalue weighted by Gasteiger charge is -2.33. The van der Waals surface area contributed by atoms with Gasteiger partial charge in [-0.25, -0.2) is 8.42 Å². The molecule has 0 aliphatic rings. The molecular formula is C35H37Cl2N3O5S. The molecule has 0 aliphatic heterocycles. The van der Waals surface area contributed by atoms with E-state index in [1.54, 1.807) is 67.6 Å². The molecular weight excluding hydrogens is 645 g/mol. The van der Waals surface area contributed by atoms with Crippen LogP contribution in [0.3, 0.4) is 0 Å². The third-order valence-corrected chi connectivity index (χ3v) is 9.65. The molecule has 8 nitrogen and oxygen atoms in total. The van der Waals surface area contributed by atoms with Gasteiger partial charge in [-0.15, -0.1) is 0 Å². The number of halogens is 2. The molecule has 0 spiro atoms. The first kappa shape index (κ1) is 34.8. The largest absolute Gasteiger partial charge is 0.457 e. The Morgan fingerprint density at radius 1 is 0.826 bits per heavy atom. The van der Waals surface area contributed by atoms with E-state index in [0.717, 1.165) is 4.31 Å². The van der Waals surface area contributed by atoms with E-state index in [9.17, 15) is 18.0 Å². The Labute approximate surface area is 280 Å². The van der Waals surface area contributed by atoms with Crippen LogP contribution in [-0.4, -0.2) is 44.3 Å². The molecule has 1 N–H and O–H groups in total. The molecule has 4 aromatic rings. The fourth-order valence-corrected chi connectivity index (χ4v) is 6.49. The molecule has 0 radical (unpaired) electrons. The van der Waals surface area contributed by atoms with Gasteiger partial charge in [-0.05, 0) is 78.6 Å². The average molecular weight is 683 g/mol. The summed E-state index contributed by atoms with van der Waals surface area (Å²) in [5, 5.41) is 3.57. The monoisotopic (exact) mass is 681 g/mol. The van der Waals surface area contributed by atoms with Crippen LogP contribution in [0.5, 0.6) is 11.5 Å². The van der Waals surface area contributed by atoms with Crippen molar-refractivity contribution in [1.29, 1.82) is 0 Å². The van der Waals surface area contributed by atoms with Gasteiger partial charge >= 0.3 is 0 Å². The Morgan fingerprint density at radius 3 is 2.02 bits per heavy atom. The SMILES string of the molecule is CCC(C(=O)NCC(C)C)N(Cc1ccc(Cl)c(Cl)c1)C(=O)CN(c1ccc(Oc2ccccc2)cc1)S(=O)(=O)c1ccccc1. The minimum Gasteiger partial charge on any atom is -0.457 e. The van der Waals surface area contributed by atoms with E-state index in [2.05, 4.69) is 5.32 Å². The fourth-order valence-electron chi connectivity index (χ4n) is 4.73. The zero-order valence-corrected chi connectivity index (χ0v) is 28.2. The number of carbonyl (C=O) groups is 2. The highest BCUT2D eigenvalue weighted by Crippen LogP contribution is 2.29. The molecule has 0 saturated carbocycles. The molecule has 0 aromatic heterocycles. The van der Waals surface area contributed by atoms with Gasteiger partial charge in [0.2, 0.25) is 11.8 Å². The number of rotatable bonds is 14. The van der Waals surface area contributed by atoms with E-state index in [0.29, 0.717) is 40.1 Å². The summed E-state index contributed by atoms with van der Waals surface area (Å²) >= 11 is 12.4. The molecule has 2 amide bonds. The number of nitrogens with one attached hydrogen (secondary N) is 1. The summed E-state index contributed by atoms with van der Waals surface area (Å²) in [5.74, 6) is 0.415. The Kier molecular flexibility index (Phi) is 12.1. The second-order valence-corrected chi connectivity index (χ2v) is 13.7. The minimum absolute atomic E-state index is 0.00635. The summed E-state index contributed by atoms with van der Waals surface area (Å²) in [4.78, 5) is 29.1. The molecule has 11 heteroatoms. The van der Waals surface area contributed by atoms with E-state index in [-0.39, 0.29) is 29.0 Å². The second kappa shape index (κ2) is 16.0. The zero-order chi connectivity index (χ0) is 33.3. The van der Waals surface area contributed by atoms with Crippen LogP contribution in [-0.2, 0) is 26.2 Å². The number of hydrogen-bond acceptors (Lipinski definition) is 5. The van der Waals surface area contributed by atoms with E-state index in [1.807, 2.05) is 44.2 Å². The maximum atomic E-state index is 14.3. The Hall–Kier alpha value is -4.05. The van der Waals surface area contributed by atoms with E-state index in [1.165, 1.54) is 17.0 Å². The van der Waals surface area contributed by atoms with Gasteiger partial charge in [0.25, 0.3) is 10.0 Å². The van der Waals surface area contributed by atoms with E-state index in [4.69, 9.17) is 27.9 Å². The first-order valence-electron chi connectivity index (χ1n) is 14.9. The molecule has 4 aromatic carbocycles. The number of carbonyl (C=O) groups excluding carboxylic acids is 2. The summed E-state index contributed by atoms with van der Waals surface area (Å²) < 4.78 is 35.1.